The molecule has 0 fully saturated rings. The van der Waals surface area contributed by atoms with E-state index in [1.165, 1.54) is 6.92 Å². The molecule has 1 aliphatic heterocycles. The Balaban J connectivity index is 2.53. The second kappa shape index (κ2) is 6.25. The zero-order chi connectivity index (χ0) is 16.3. The maximum Gasteiger partial charge on any atom is 0.417 e. The molecule has 0 saturated carbocycles. The van der Waals surface area contributed by atoms with Gasteiger partial charge in [0.2, 0.25) is 0 Å². The zero-order valence-corrected chi connectivity index (χ0v) is 11.7. The van der Waals surface area contributed by atoms with Gasteiger partial charge in [0.1, 0.15) is 0 Å². The van der Waals surface area contributed by atoms with Gasteiger partial charge in [0.05, 0.1) is 25.4 Å². The van der Waals surface area contributed by atoms with Gasteiger partial charge < -0.3 is 14.2 Å². The fourth-order valence-corrected chi connectivity index (χ4v) is 1.94. The number of rotatable bonds is 3. The molecule has 1 aromatic rings. The van der Waals surface area contributed by atoms with Gasteiger partial charge in [0.15, 0.2) is 11.5 Å². The van der Waals surface area contributed by atoms with Crippen molar-refractivity contribution >= 4 is 11.8 Å². The number of hydrogen-bond donors (Lipinski definition) is 0. The van der Waals surface area contributed by atoms with Crippen molar-refractivity contribution in [3.05, 3.63) is 23.3 Å². The molecule has 0 aliphatic carbocycles. The lowest BCUT2D eigenvalue weighted by Gasteiger charge is -2.15. The Morgan fingerprint density at radius 1 is 1.18 bits per heavy atom. The first kappa shape index (κ1) is 16.1. The molecule has 8 heteroatoms. The second-order valence-electron chi connectivity index (χ2n) is 4.44. The molecule has 22 heavy (non-hydrogen) atoms. The molecule has 0 amide bonds. The second-order valence-corrected chi connectivity index (χ2v) is 4.44. The van der Waals surface area contributed by atoms with Gasteiger partial charge >= 0.3 is 12.1 Å². The van der Waals surface area contributed by atoms with Crippen LogP contribution in [0, 0.1) is 0 Å². The average molecular weight is 318 g/mol. The highest BCUT2D eigenvalue weighted by molar-refractivity contribution is 6.41. The standard InChI is InChI=1S/C14H13F3O5/c1-2-20-13(19)12(18)8-6-10-11(22-5-3-4-21-10)7-9(8)14(15,16)17/h6-7H,2-5H2,1H3. The van der Waals surface area contributed by atoms with Crippen LogP contribution in [0.5, 0.6) is 11.5 Å². The van der Waals surface area contributed by atoms with Crippen molar-refractivity contribution in [2.45, 2.75) is 19.5 Å². The van der Waals surface area contributed by atoms with Crippen molar-refractivity contribution in [3.63, 3.8) is 0 Å². The van der Waals surface area contributed by atoms with Gasteiger partial charge in [-0.2, -0.15) is 13.2 Å². The molecule has 1 aliphatic rings. The largest absolute Gasteiger partial charge is 0.490 e. The number of benzene rings is 1. The number of halogens is 3. The Labute approximate surface area is 124 Å². The van der Waals surface area contributed by atoms with Gasteiger partial charge in [-0.1, -0.05) is 0 Å². The summed E-state index contributed by atoms with van der Waals surface area (Å²) in [6.45, 7) is 1.78. The van der Waals surface area contributed by atoms with Crippen molar-refractivity contribution in [2.24, 2.45) is 0 Å². The van der Waals surface area contributed by atoms with Crippen LogP contribution in [0.4, 0.5) is 13.2 Å². The van der Waals surface area contributed by atoms with Gasteiger partial charge in [-0.25, -0.2) is 4.79 Å². The van der Waals surface area contributed by atoms with Gasteiger partial charge in [-0.3, -0.25) is 4.79 Å². The van der Waals surface area contributed by atoms with Gasteiger partial charge in [-0.15, -0.1) is 0 Å². The quantitative estimate of drug-likeness (QED) is 0.487. The fraction of sp³-hybridized carbons (Fsp3) is 0.429. The molecule has 0 bridgehead atoms. The van der Waals surface area contributed by atoms with Gasteiger partial charge in [0, 0.05) is 12.0 Å². The zero-order valence-electron chi connectivity index (χ0n) is 11.7. The summed E-state index contributed by atoms with van der Waals surface area (Å²) in [6.07, 6.45) is -4.32. The van der Waals surface area contributed by atoms with E-state index in [9.17, 15) is 22.8 Å². The normalized spacial score (nSPS) is 14.2. The summed E-state index contributed by atoms with van der Waals surface area (Å²) in [5.41, 5.74) is -2.06. The van der Waals surface area contributed by atoms with Crippen LogP contribution in [-0.2, 0) is 15.7 Å². The molecule has 1 heterocycles. The summed E-state index contributed by atoms with van der Waals surface area (Å²) in [4.78, 5) is 23.4. The third-order valence-electron chi connectivity index (χ3n) is 2.90. The maximum absolute atomic E-state index is 13.1. The number of esters is 1. The SMILES string of the molecule is CCOC(=O)C(=O)c1cc2c(cc1C(F)(F)F)OCCCO2. The van der Waals surface area contributed by atoms with E-state index in [0.717, 1.165) is 6.07 Å². The molecule has 0 N–H and O–H groups in total. The fourth-order valence-electron chi connectivity index (χ4n) is 1.94. The molecule has 5 nitrogen and oxygen atoms in total. The lowest BCUT2D eigenvalue weighted by atomic mass is 10.0. The number of fused-ring (bicyclic) bond motifs is 1. The van der Waals surface area contributed by atoms with Crippen LogP contribution >= 0.6 is 0 Å². The smallest absolute Gasteiger partial charge is 0.417 e. The average Bonchev–Trinajstić information content (AvgIpc) is 2.69. The Morgan fingerprint density at radius 2 is 1.77 bits per heavy atom. The van der Waals surface area contributed by atoms with E-state index < -0.39 is 29.1 Å². The lowest BCUT2D eigenvalue weighted by Crippen LogP contribution is -2.22. The molecule has 0 atom stereocenters. The van der Waals surface area contributed by atoms with Crippen LogP contribution in [0.1, 0.15) is 29.3 Å². The van der Waals surface area contributed by atoms with E-state index in [4.69, 9.17) is 9.47 Å². The van der Waals surface area contributed by atoms with Gasteiger partial charge in [-0.05, 0) is 19.1 Å². The summed E-state index contributed by atoms with van der Waals surface area (Å²) in [7, 11) is 0. The molecule has 120 valence electrons. The molecule has 1 aromatic carbocycles. The number of ketones is 1. The highest BCUT2D eigenvalue weighted by Gasteiger charge is 2.38. The first-order valence-corrected chi connectivity index (χ1v) is 6.57. The predicted octanol–water partition coefficient (Wildman–Crippen LogP) is 2.61. The number of hydrogen-bond acceptors (Lipinski definition) is 5. The third-order valence-corrected chi connectivity index (χ3v) is 2.90. The summed E-state index contributed by atoms with van der Waals surface area (Å²) < 4.78 is 54.3. The Hall–Kier alpha value is -2.25. The molecule has 0 saturated heterocycles. The lowest BCUT2D eigenvalue weighted by molar-refractivity contribution is -0.139. The molecule has 0 spiro atoms. The van der Waals surface area contributed by atoms with Crippen LogP contribution in [0.3, 0.4) is 0 Å². The minimum atomic E-state index is -4.82. The Kier molecular flexibility index (Phi) is 4.58. The van der Waals surface area contributed by atoms with E-state index in [1.807, 2.05) is 0 Å². The third kappa shape index (κ3) is 3.32. The summed E-state index contributed by atoms with van der Waals surface area (Å²) in [5, 5.41) is 0. The Morgan fingerprint density at radius 3 is 2.32 bits per heavy atom. The van der Waals surface area contributed by atoms with E-state index in [-0.39, 0.29) is 31.3 Å². The number of ether oxygens (including phenoxy) is 3. The molecule has 2 rings (SSSR count). The first-order chi connectivity index (χ1) is 10.3. The highest BCUT2D eigenvalue weighted by Crippen LogP contribution is 2.40. The monoisotopic (exact) mass is 318 g/mol. The van der Waals surface area contributed by atoms with Crippen LogP contribution in [0.2, 0.25) is 0 Å². The number of Topliss-reactive ketones (excluding diaryl/α,β-unsaturated/α-hetero) is 1. The summed E-state index contributed by atoms with van der Waals surface area (Å²) in [6, 6.07) is 1.55. The van der Waals surface area contributed by atoms with Crippen molar-refractivity contribution < 1.29 is 37.0 Å². The molecule has 0 radical (unpaired) electrons. The molecule has 0 unspecified atom stereocenters. The predicted molar refractivity (Wildman–Crippen MR) is 68.0 cm³/mol. The van der Waals surface area contributed by atoms with Crippen LogP contribution in [0.25, 0.3) is 0 Å². The summed E-state index contributed by atoms with van der Waals surface area (Å²) in [5.74, 6) is -2.82. The molecule has 0 aromatic heterocycles. The van der Waals surface area contributed by atoms with Crippen LogP contribution in [0.15, 0.2) is 12.1 Å². The Bertz CT molecular complexity index is 595. The number of alkyl halides is 3. The van der Waals surface area contributed by atoms with Crippen molar-refractivity contribution in [1.82, 2.24) is 0 Å². The van der Waals surface area contributed by atoms with Gasteiger partial charge in [0.25, 0.3) is 5.78 Å². The van der Waals surface area contributed by atoms with Crippen molar-refractivity contribution in [3.8, 4) is 11.5 Å². The number of carbonyl (C=O) groups is 2. The van der Waals surface area contributed by atoms with E-state index >= 15 is 0 Å². The van der Waals surface area contributed by atoms with Crippen molar-refractivity contribution in [1.29, 1.82) is 0 Å². The highest BCUT2D eigenvalue weighted by atomic mass is 19.4. The summed E-state index contributed by atoms with van der Waals surface area (Å²) >= 11 is 0. The first-order valence-electron chi connectivity index (χ1n) is 6.57. The minimum Gasteiger partial charge on any atom is -0.490 e. The topological polar surface area (TPSA) is 61.8 Å². The van der Waals surface area contributed by atoms with Crippen LogP contribution < -0.4 is 9.47 Å². The van der Waals surface area contributed by atoms with Crippen LogP contribution in [-0.4, -0.2) is 31.6 Å². The van der Waals surface area contributed by atoms with Crippen molar-refractivity contribution in [2.75, 3.05) is 19.8 Å². The molecular formula is C14H13F3O5. The molecular weight excluding hydrogens is 305 g/mol. The van der Waals surface area contributed by atoms with E-state index in [0.29, 0.717) is 12.5 Å². The maximum atomic E-state index is 13.1. The van der Waals surface area contributed by atoms with E-state index in [2.05, 4.69) is 4.74 Å². The minimum absolute atomic E-state index is 0.00171. The van der Waals surface area contributed by atoms with E-state index in [1.54, 1.807) is 0 Å². The number of carbonyl (C=O) groups excluding carboxylic acids is 2.